The lowest BCUT2D eigenvalue weighted by Gasteiger charge is -2.37. The van der Waals surface area contributed by atoms with Crippen molar-refractivity contribution in [3.05, 3.63) is 35.9 Å². The molecular formula is C21H32N2O3. The van der Waals surface area contributed by atoms with Crippen LogP contribution in [0.4, 0.5) is 0 Å². The van der Waals surface area contributed by atoms with Crippen molar-refractivity contribution in [2.24, 2.45) is 0 Å². The van der Waals surface area contributed by atoms with E-state index in [-0.39, 0.29) is 31.0 Å². The van der Waals surface area contributed by atoms with E-state index in [9.17, 15) is 9.59 Å². The van der Waals surface area contributed by atoms with Gasteiger partial charge in [0.05, 0.1) is 19.7 Å². The van der Waals surface area contributed by atoms with E-state index in [1.807, 2.05) is 47.1 Å². The number of likely N-dealkylation sites (tertiary alicyclic amines) is 1. The van der Waals surface area contributed by atoms with E-state index in [2.05, 4.69) is 6.92 Å². The molecule has 1 heterocycles. The maximum Gasteiger partial charge on any atom is 0.320 e. The standard InChI is InChI=1S/C21H32N2O3/c1-4-19-13-9-10-14-23(19)20(24)15-22(16-21(25)26-5-2)17(3)18-11-7-6-8-12-18/h6-8,11-12,17,19H,4-5,9-10,13-16H2,1-3H3/t17-,19+/m1/s1. The quantitative estimate of drug-likeness (QED) is 0.667. The van der Waals surface area contributed by atoms with Gasteiger partial charge in [0.25, 0.3) is 0 Å². The van der Waals surface area contributed by atoms with Crippen LogP contribution in [0.2, 0.25) is 0 Å². The number of hydrogen-bond donors (Lipinski definition) is 0. The first kappa shape index (κ1) is 20.4. The van der Waals surface area contributed by atoms with Crippen LogP contribution in [0.15, 0.2) is 30.3 Å². The Morgan fingerprint density at radius 3 is 2.58 bits per heavy atom. The number of esters is 1. The molecule has 1 fully saturated rings. The molecule has 1 aliphatic rings. The predicted octanol–water partition coefficient (Wildman–Crippen LogP) is 3.40. The molecule has 144 valence electrons. The van der Waals surface area contributed by atoms with E-state index in [1.54, 1.807) is 6.92 Å². The highest BCUT2D eigenvalue weighted by molar-refractivity contribution is 5.80. The van der Waals surface area contributed by atoms with Crippen LogP contribution in [0, 0.1) is 0 Å². The molecule has 1 aliphatic heterocycles. The third kappa shape index (κ3) is 5.56. The zero-order chi connectivity index (χ0) is 18.9. The molecule has 0 spiro atoms. The second-order valence-electron chi connectivity index (χ2n) is 6.94. The number of piperidine rings is 1. The van der Waals surface area contributed by atoms with Crippen molar-refractivity contribution in [3.63, 3.8) is 0 Å². The first-order valence-electron chi connectivity index (χ1n) is 9.80. The van der Waals surface area contributed by atoms with Crippen molar-refractivity contribution in [2.45, 2.75) is 58.5 Å². The number of hydrogen-bond acceptors (Lipinski definition) is 4. The minimum absolute atomic E-state index is 0.0329. The minimum atomic E-state index is -0.284. The molecule has 2 rings (SSSR count). The molecule has 1 amide bonds. The second kappa shape index (κ2) is 10.3. The normalized spacial score (nSPS) is 18.6. The number of carbonyl (C=O) groups excluding carboxylic acids is 2. The molecule has 1 aromatic carbocycles. The molecule has 0 N–H and O–H groups in total. The zero-order valence-electron chi connectivity index (χ0n) is 16.3. The highest BCUT2D eigenvalue weighted by atomic mass is 16.5. The predicted molar refractivity (Wildman–Crippen MR) is 103 cm³/mol. The van der Waals surface area contributed by atoms with Gasteiger partial charge < -0.3 is 9.64 Å². The SMILES string of the molecule is CCOC(=O)CN(CC(=O)N1CCCC[C@@H]1CC)[C@H](C)c1ccccc1. The topological polar surface area (TPSA) is 49.9 Å². The fraction of sp³-hybridized carbons (Fsp3) is 0.619. The Morgan fingerprint density at radius 1 is 1.19 bits per heavy atom. The van der Waals surface area contributed by atoms with Gasteiger partial charge in [-0.15, -0.1) is 0 Å². The maximum atomic E-state index is 13.0. The number of amides is 1. The van der Waals surface area contributed by atoms with Crippen LogP contribution in [0.25, 0.3) is 0 Å². The Morgan fingerprint density at radius 2 is 1.92 bits per heavy atom. The lowest BCUT2D eigenvalue weighted by atomic mass is 10.00. The molecule has 26 heavy (non-hydrogen) atoms. The Balaban J connectivity index is 2.12. The lowest BCUT2D eigenvalue weighted by Crippen LogP contribution is -2.49. The van der Waals surface area contributed by atoms with Crippen molar-refractivity contribution in [1.29, 1.82) is 0 Å². The highest BCUT2D eigenvalue weighted by Gasteiger charge is 2.29. The third-order valence-corrected chi connectivity index (χ3v) is 5.22. The van der Waals surface area contributed by atoms with Crippen LogP contribution in [0.1, 0.15) is 58.1 Å². The van der Waals surface area contributed by atoms with Crippen LogP contribution < -0.4 is 0 Å². The molecular weight excluding hydrogens is 328 g/mol. The molecule has 5 nitrogen and oxygen atoms in total. The summed E-state index contributed by atoms with van der Waals surface area (Å²) in [6.07, 6.45) is 4.32. The lowest BCUT2D eigenvalue weighted by molar-refractivity contribution is -0.146. The Hall–Kier alpha value is -1.88. The molecule has 1 saturated heterocycles. The van der Waals surface area contributed by atoms with Crippen molar-refractivity contribution in [2.75, 3.05) is 26.2 Å². The highest BCUT2D eigenvalue weighted by Crippen LogP contribution is 2.23. The molecule has 0 radical (unpaired) electrons. The number of benzene rings is 1. The van der Waals surface area contributed by atoms with E-state index in [4.69, 9.17) is 4.74 Å². The number of ether oxygens (including phenoxy) is 1. The summed E-state index contributed by atoms with van der Waals surface area (Å²) in [5.74, 6) is -0.169. The average molecular weight is 360 g/mol. The Kier molecular flexibility index (Phi) is 8.10. The number of carbonyl (C=O) groups is 2. The van der Waals surface area contributed by atoms with Crippen molar-refractivity contribution in [3.8, 4) is 0 Å². The summed E-state index contributed by atoms with van der Waals surface area (Å²) >= 11 is 0. The average Bonchev–Trinajstić information content (AvgIpc) is 2.67. The smallest absolute Gasteiger partial charge is 0.320 e. The first-order chi connectivity index (χ1) is 12.6. The third-order valence-electron chi connectivity index (χ3n) is 5.22. The van der Waals surface area contributed by atoms with Crippen molar-refractivity contribution >= 4 is 11.9 Å². The van der Waals surface area contributed by atoms with Crippen LogP contribution in [0.3, 0.4) is 0 Å². The van der Waals surface area contributed by atoms with Gasteiger partial charge in [0.2, 0.25) is 5.91 Å². The summed E-state index contributed by atoms with van der Waals surface area (Å²) in [6.45, 7) is 7.52. The van der Waals surface area contributed by atoms with E-state index in [1.165, 1.54) is 6.42 Å². The molecule has 0 bridgehead atoms. The van der Waals surface area contributed by atoms with E-state index in [0.717, 1.165) is 31.4 Å². The molecule has 1 aromatic rings. The van der Waals surface area contributed by atoms with Gasteiger partial charge in [-0.05, 0) is 45.1 Å². The van der Waals surface area contributed by atoms with Gasteiger partial charge in [-0.3, -0.25) is 14.5 Å². The van der Waals surface area contributed by atoms with Crippen LogP contribution >= 0.6 is 0 Å². The van der Waals surface area contributed by atoms with E-state index >= 15 is 0 Å². The van der Waals surface area contributed by atoms with Crippen LogP contribution in [-0.4, -0.2) is 54.0 Å². The van der Waals surface area contributed by atoms with Gasteiger partial charge in [-0.25, -0.2) is 0 Å². The van der Waals surface area contributed by atoms with Gasteiger partial charge in [0.1, 0.15) is 0 Å². The molecule has 0 aliphatic carbocycles. The van der Waals surface area contributed by atoms with Gasteiger partial charge >= 0.3 is 5.97 Å². The summed E-state index contributed by atoms with van der Waals surface area (Å²) < 4.78 is 5.12. The maximum absolute atomic E-state index is 13.0. The summed E-state index contributed by atoms with van der Waals surface area (Å²) in [7, 11) is 0. The van der Waals surface area contributed by atoms with Crippen LogP contribution in [0.5, 0.6) is 0 Å². The molecule has 5 heteroatoms. The van der Waals surface area contributed by atoms with Crippen molar-refractivity contribution < 1.29 is 14.3 Å². The monoisotopic (exact) mass is 360 g/mol. The minimum Gasteiger partial charge on any atom is -0.465 e. The Bertz CT molecular complexity index is 576. The van der Waals surface area contributed by atoms with Gasteiger partial charge in [-0.2, -0.15) is 0 Å². The van der Waals surface area contributed by atoms with Gasteiger partial charge in [0, 0.05) is 18.6 Å². The summed E-state index contributed by atoms with van der Waals surface area (Å²) in [4.78, 5) is 29.0. The molecule has 0 unspecified atom stereocenters. The summed E-state index contributed by atoms with van der Waals surface area (Å²) in [5.41, 5.74) is 1.09. The fourth-order valence-electron chi connectivity index (χ4n) is 3.66. The first-order valence-corrected chi connectivity index (χ1v) is 9.80. The summed E-state index contributed by atoms with van der Waals surface area (Å²) in [6, 6.07) is 10.3. The van der Waals surface area contributed by atoms with Crippen LogP contribution in [-0.2, 0) is 14.3 Å². The fourth-order valence-corrected chi connectivity index (χ4v) is 3.66. The second-order valence-corrected chi connectivity index (χ2v) is 6.94. The van der Waals surface area contributed by atoms with Gasteiger partial charge in [-0.1, -0.05) is 37.3 Å². The van der Waals surface area contributed by atoms with E-state index < -0.39 is 0 Å². The molecule has 2 atom stereocenters. The number of nitrogens with zero attached hydrogens (tertiary/aromatic N) is 2. The number of rotatable bonds is 8. The Labute approximate surface area is 157 Å². The largest absolute Gasteiger partial charge is 0.465 e. The van der Waals surface area contributed by atoms with Gasteiger partial charge in [0.15, 0.2) is 0 Å². The summed E-state index contributed by atoms with van der Waals surface area (Å²) in [5, 5.41) is 0. The van der Waals surface area contributed by atoms with Crippen molar-refractivity contribution in [1.82, 2.24) is 9.80 Å². The molecule has 0 saturated carbocycles. The van der Waals surface area contributed by atoms with E-state index in [0.29, 0.717) is 12.6 Å². The molecule has 0 aromatic heterocycles. The zero-order valence-corrected chi connectivity index (χ0v) is 16.3.